The second-order valence-corrected chi connectivity index (χ2v) is 8.98. The molecule has 0 aliphatic carbocycles. The number of allylic oxidation sites excluding steroid dienone is 1. The zero-order valence-electron chi connectivity index (χ0n) is 18.3. The largest absolute Gasteiger partial charge is 0.322 e. The first-order valence-corrected chi connectivity index (χ1v) is 11.3. The number of nitrogens with two attached hydrogens (primary N) is 1. The van der Waals surface area contributed by atoms with E-state index < -0.39 is 0 Å². The summed E-state index contributed by atoms with van der Waals surface area (Å²) in [6.45, 7) is 9.79. The molecular weight excluding hydrogens is 428 g/mol. The predicted molar refractivity (Wildman–Crippen MR) is 129 cm³/mol. The molecule has 8 nitrogen and oxygen atoms in total. The lowest BCUT2D eigenvalue weighted by Gasteiger charge is -2.34. The average Bonchev–Trinajstić information content (AvgIpc) is 3.18. The zero-order valence-corrected chi connectivity index (χ0v) is 19.0. The fraction of sp³-hybridized carbons (Fsp3) is 0.435. The Morgan fingerprint density at radius 1 is 1.25 bits per heavy atom. The van der Waals surface area contributed by atoms with Crippen molar-refractivity contribution in [1.82, 2.24) is 19.4 Å². The van der Waals surface area contributed by atoms with Crippen molar-refractivity contribution in [3.63, 3.8) is 0 Å². The van der Waals surface area contributed by atoms with Crippen LogP contribution in [-0.2, 0) is 6.54 Å². The molecule has 0 saturated carbocycles. The number of piperidine rings is 1. The smallest absolute Gasteiger partial charge is 0.252 e. The quantitative estimate of drug-likeness (QED) is 0.286. The van der Waals surface area contributed by atoms with Crippen LogP contribution in [0, 0.1) is 0 Å². The van der Waals surface area contributed by atoms with Gasteiger partial charge in [0.05, 0.1) is 6.04 Å². The number of hydrogen-bond acceptors (Lipinski definition) is 6. The maximum Gasteiger partial charge on any atom is 0.252 e. The first-order valence-electron chi connectivity index (χ1n) is 10.9. The molecule has 0 bridgehead atoms. The average molecular weight is 457 g/mol. The van der Waals surface area contributed by atoms with Gasteiger partial charge in [-0.2, -0.15) is 5.10 Å². The third kappa shape index (κ3) is 4.57. The first-order chi connectivity index (χ1) is 15.4. The summed E-state index contributed by atoms with van der Waals surface area (Å²) < 4.78 is 3.54. The van der Waals surface area contributed by atoms with Crippen LogP contribution in [0.2, 0.25) is 0 Å². The van der Waals surface area contributed by atoms with Crippen LogP contribution >= 0.6 is 11.6 Å². The molecule has 32 heavy (non-hydrogen) atoms. The molecule has 0 unspecified atom stereocenters. The van der Waals surface area contributed by atoms with E-state index in [1.54, 1.807) is 33.4 Å². The molecule has 9 heteroatoms. The third-order valence-corrected chi connectivity index (χ3v) is 6.74. The van der Waals surface area contributed by atoms with Gasteiger partial charge in [0.15, 0.2) is 5.17 Å². The molecule has 2 aliphatic rings. The van der Waals surface area contributed by atoms with Crippen molar-refractivity contribution < 1.29 is 0 Å². The highest BCUT2D eigenvalue weighted by Gasteiger charge is 2.29. The second kappa shape index (κ2) is 9.44. The van der Waals surface area contributed by atoms with Gasteiger partial charge in [-0.1, -0.05) is 24.3 Å². The van der Waals surface area contributed by atoms with Gasteiger partial charge in [0.25, 0.3) is 11.1 Å². The van der Waals surface area contributed by atoms with Crippen LogP contribution in [0.25, 0.3) is 11.0 Å². The third-order valence-electron chi connectivity index (χ3n) is 6.35. The van der Waals surface area contributed by atoms with Crippen LogP contribution in [0.15, 0.2) is 62.8 Å². The van der Waals surface area contributed by atoms with E-state index in [9.17, 15) is 9.59 Å². The van der Waals surface area contributed by atoms with Gasteiger partial charge in [0, 0.05) is 43.2 Å². The molecule has 0 radical (unpaired) electrons. The molecule has 4 heterocycles. The van der Waals surface area contributed by atoms with Gasteiger partial charge in [-0.15, -0.1) is 0 Å². The molecule has 2 aromatic rings. The summed E-state index contributed by atoms with van der Waals surface area (Å²) in [7, 11) is 0. The molecule has 2 aromatic heterocycles. The molecule has 1 saturated heterocycles. The standard InChI is InChI=1S/C23H29ClN6O2/c1-15(11-16(2)22(24)27-25)12-26-18-7-9-28(10-8-18)13-19-14-29-20(31)5-3-17-4-6-21(32)30(19)23(17)29/h3-6,11,18-19,26H,1,7-10,12-14,25H2,2H3/b16-11-,27-22+/t19-/m1/s1. The minimum Gasteiger partial charge on any atom is -0.322 e. The SMILES string of the molecule is C=C(/C=C(C)\C(Cl)=N/N)CNC1CCN(C[C@@H]2Cn3c(=O)ccc4ccc(=O)n2c43)CC1. The molecule has 4 rings (SSSR count). The molecule has 0 amide bonds. The van der Waals surface area contributed by atoms with Crippen molar-refractivity contribution >= 4 is 27.8 Å². The number of nitrogens with zero attached hydrogens (tertiary/aromatic N) is 4. The zero-order chi connectivity index (χ0) is 22.8. The van der Waals surface area contributed by atoms with E-state index in [1.165, 1.54) is 0 Å². The highest BCUT2D eigenvalue weighted by molar-refractivity contribution is 6.69. The number of rotatable bonds is 7. The van der Waals surface area contributed by atoms with Crippen molar-refractivity contribution in [2.75, 3.05) is 26.2 Å². The van der Waals surface area contributed by atoms with Gasteiger partial charge in [-0.3, -0.25) is 18.7 Å². The summed E-state index contributed by atoms with van der Waals surface area (Å²) in [5.74, 6) is 5.20. The fourth-order valence-electron chi connectivity index (χ4n) is 4.70. The number of pyridine rings is 2. The monoisotopic (exact) mass is 456 g/mol. The molecule has 0 aromatic carbocycles. The Balaban J connectivity index is 1.33. The normalized spacial score (nSPS) is 20.2. The lowest BCUT2D eigenvalue weighted by molar-refractivity contribution is 0.173. The molecule has 0 spiro atoms. The lowest BCUT2D eigenvalue weighted by Crippen LogP contribution is -2.45. The summed E-state index contributed by atoms with van der Waals surface area (Å²) in [5.41, 5.74) is 2.36. The van der Waals surface area contributed by atoms with E-state index >= 15 is 0 Å². The van der Waals surface area contributed by atoms with Gasteiger partial charge < -0.3 is 16.1 Å². The summed E-state index contributed by atoms with van der Waals surface area (Å²) in [5, 5.41) is 8.25. The Kier molecular flexibility index (Phi) is 6.64. The Morgan fingerprint density at radius 3 is 2.62 bits per heavy atom. The van der Waals surface area contributed by atoms with Gasteiger partial charge >= 0.3 is 0 Å². The highest BCUT2D eigenvalue weighted by Crippen LogP contribution is 2.25. The van der Waals surface area contributed by atoms with Crippen molar-refractivity contribution in [2.45, 2.75) is 38.4 Å². The van der Waals surface area contributed by atoms with Crippen molar-refractivity contribution in [3.05, 3.63) is 68.8 Å². The summed E-state index contributed by atoms with van der Waals surface area (Å²) in [6, 6.07) is 7.16. The Hall–Kier alpha value is -2.68. The van der Waals surface area contributed by atoms with Crippen LogP contribution in [-0.4, -0.2) is 51.4 Å². The van der Waals surface area contributed by atoms with Gasteiger partial charge in [0.2, 0.25) is 0 Å². The summed E-state index contributed by atoms with van der Waals surface area (Å²) in [6.07, 6.45) is 3.91. The van der Waals surface area contributed by atoms with Crippen LogP contribution in [0.1, 0.15) is 25.8 Å². The maximum absolute atomic E-state index is 12.6. The lowest BCUT2D eigenvalue weighted by atomic mass is 10.0. The molecular formula is C23H29ClN6O2. The number of likely N-dealkylation sites (tertiary alicyclic amines) is 1. The molecule has 170 valence electrons. The first kappa shape index (κ1) is 22.5. The predicted octanol–water partition coefficient (Wildman–Crippen LogP) is 1.79. The van der Waals surface area contributed by atoms with Gasteiger partial charge in [-0.05, 0) is 56.1 Å². The number of halogens is 1. The van der Waals surface area contributed by atoms with Gasteiger partial charge in [0.1, 0.15) is 5.65 Å². The fourth-order valence-corrected chi connectivity index (χ4v) is 4.76. The number of hydrazone groups is 1. The van der Waals surface area contributed by atoms with E-state index in [-0.39, 0.29) is 22.3 Å². The van der Waals surface area contributed by atoms with Crippen LogP contribution in [0.3, 0.4) is 0 Å². The van der Waals surface area contributed by atoms with Crippen LogP contribution < -0.4 is 22.3 Å². The maximum atomic E-state index is 12.6. The topological polar surface area (TPSA) is 97.7 Å². The van der Waals surface area contributed by atoms with E-state index in [2.05, 4.69) is 21.9 Å². The van der Waals surface area contributed by atoms with Crippen LogP contribution in [0.4, 0.5) is 0 Å². The second-order valence-electron chi connectivity index (χ2n) is 8.62. The minimum absolute atomic E-state index is 0.0207. The van der Waals surface area contributed by atoms with E-state index in [0.717, 1.165) is 54.7 Å². The van der Waals surface area contributed by atoms with Gasteiger partial charge in [-0.25, -0.2) is 0 Å². The summed E-state index contributed by atoms with van der Waals surface area (Å²) in [4.78, 5) is 27.3. The van der Waals surface area contributed by atoms with Crippen molar-refractivity contribution in [1.29, 1.82) is 0 Å². The number of aromatic nitrogens is 2. The number of nitrogens with one attached hydrogen (secondary N) is 1. The highest BCUT2D eigenvalue weighted by atomic mass is 35.5. The molecule has 3 N–H and O–H groups in total. The molecule has 2 aliphatic heterocycles. The molecule has 1 fully saturated rings. The van der Waals surface area contributed by atoms with E-state index in [0.29, 0.717) is 19.1 Å². The minimum atomic E-state index is -0.0502. The van der Waals surface area contributed by atoms with E-state index in [1.807, 2.05) is 13.0 Å². The summed E-state index contributed by atoms with van der Waals surface area (Å²) >= 11 is 5.92. The Bertz CT molecular complexity index is 1200. The Morgan fingerprint density at radius 2 is 1.94 bits per heavy atom. The van der Waals surface area contributed by atoms with Crippen LogP contribution in [0.5, 0.6) is 0 Å². The Labute approximate surface area is 191 Å². The van der Waals surface area contributed by atoms with E-state index in [4.69, 9.17) is 17.4 Å². The number of hydrogen-bond donors (Lipinski definition) is 2. The molecule has 1 atom stereocenters. The van der Waals surface area contributed by atoms with Crippen molar-refractivity contribution in [3.8, 4) is 0 Å². The van der Waals surface area contributed by atoms with Crippen molar-refractivity contribution in [2.24, 2.45) is 10.9 Å².